The number of hydrogen-bond acceptors (Lipinski definition) is 7. The molecule has 0 radical (unpaired) electrons. The normalized spacial score (nSPS) is 20.9. The summed E-state index contributed by atoms with van der Waals surface area (Å²) in [5.41, 5.74) is 4.15. The van der Waals surface area contributed by atoms with Gasteiger partial charge in [0.05, 0.1) is 45.7 Å². The summed E-state index contributed by atoms with van der Waals surface area (Å²) in [6.07, 6.45) is 2.08. The summed E-state index contributed by atoms with van der Waals surface area (Å²) in [7, 11) is 4.82. The lowest BCUT2D eigenvalue weighted by atomic mass is 9.97. The van der Waals surface area contributed by atoms with Crippen LogP contribution in [0.3, 0.4) is 0 Å². The van der Waals surface area contributed by atoms with E-state index in [4.69, 9.17) is 23.7 Å². The quantitative estimate of drug-likeness (QED) is 0.244. The van der Waals surface area contributed by atoms with Gasteiger partial charge in [-0.1, -0.05) is 42.5 Å². The van der Waals surface area contributed by atoms with E-state index >= 15 is 4.39 Å². The molecule has 0 N–H and O–H groups in total. The maximum absolute atomic E-state index is 16.2. The average molecular weight is 536 g/mol. The lowest BCUT2D eigenvalue weighted by molar-refractivity contribution is -0.0393. The van der Waals surface area contributed by atoms with Gasteiger partial charge in [-0.15, -0.1) is 0 Å². The minimum atomic E-state index is -1.24. The molecule has 1 aliphatic carbocycles. The maximum Gasteiger partial charge on any atom is 0.241 e. The third-order valence-corrected chi connectivity index (χ3v) is 7.28. The van der Waals surface area contributed by atoms with Gasteiger partial charge in [0.1, 0.15) is 30.5 Å². The number of ether oxygens (including phenoxy) is 5. The Balaban J connectivity index is 1.38. The number of rotatable bonds is 12. The summed E-state index contributed by atoms with van der Waals surface area (Å²) in [5, 5.41) is 0. The summed E-state index contributed by atoms with van der Waals surface area (Å²) >= 11 is 0. The van der Waals surface area contributed by atoms with E-state index in [9.17, 15) is 0 Å². The first-order valence-electron chi connectivity index (χ1n) is 13.0. The maximum atomic E-state index is 16.2. The molecule has 1 fully saturated rings. The topological polar surface area (TPSA) is 76.9 Å². The summed E-state index contributed by atoms with van der Waals surface area (Å²) < 4.78 is 46.5. The highest BCUT2D eigenvalue weighted by atomic mass is 19.1. The molecule has 0 amide bonds. The summed E-state index contributed by atoms with van der Waals surface area (Å²) in [6.45, 7) is 1.39. The standard InChI is InChI=1S/C30H34FN3O5/c1-35-17-22-13-24(26(31)29(22)39-16-21-9-11-23(36-2)12-10-21)25-14-34(19-38-15-20-7-5-4-6-8-20)28-27(25)32-18-33-30(28)37-3/h4-12,14,18,22,24,26,29H,13,15-17,19H2,1-3H3/t22-,24+,26-,29-/m1/s1. The van der Waals surface area contributed by atoms with Crippen LogP contribution in [0, 0.1) is 5.92 Å². The van der Waals surface area contributed by atoms with E-state index in [1.807, 2.05) is 65.4 Å². The Morgan fingerprint density at radius 3 is 2.41 bits per heavy atom. The van der Waals surface area contributed by atoms with Crippen molar-refractivity contribution in [3.8, 4) is 11.6 Å². The van der Waals surface area contributed by atoms with E-state index in [1.165, 1.54) is 6.33 Å². The van der Waals surface area contributed by atoms with E-state index in [0.717, 1.165) is 22.4 Å². The number of aromatic nitrogens is 3. The second-order valence-corrected chi connectivity index (χ2v) is 9.72. The minimum absolute atomic E-state index is 0.107. The number of alkyl halides is 1. The molecule has 206 valence electrons. The van der Waals surface area contributed by atoms with Gasteiger partial charge >= 0.3 is 0 Å². The molecule has 1 saturated carbocycles. The van der Waals surface area contributed by atoms with Crippen LogP contribution in [0.15, 0.2) is 67.1 Å². The monoisotopic (exact) mass is 535 g/mol. The van der Waals surface area contributed by atoms with Crippen LogP contribution >= 0.6 is 0 Å². The van der Waals surface area contributed by atoms with Gasteiger partial charge in [-0.05, 0) is 29.7 Å². The van der Waals surface area contributed by atoms with Crippen molar-refractivity contribution in [2.24, 2.45) is 5.92 Å². The van der Waals surface area contributed by atoms with Gasteiger partial charge in [-0.3, -0.25) is 0 Å². The van der Waals surface area contributed by atoms with Crippen molar-refractivity contribution in [1.82, 2.24) is 14.5 Å². The van der Waals surface area contributed by atoms with Gasteiger partial charge in [0.15, 0.2) is 0 Å². The number of hydrogen-bond donors (Lipinski definition) is 0. The van der Waals surface area contributed by atoms with Crippen LogP contribution in [0.25, 0.3) is 11.0 Å². The van der Waals surface area contributed by atoms with Gasteiger partial charge in [-0.25, -0.2) is 9.37 Å². The molecule has 2 aromatic heterocycles. The van der Waals surface area contributed by atoms with E-state index in [-0.39, 0.29) is 12.6 Å². The number of benzene rings is 2. The highest BCUT2D eigenvalue weighted by Gasteiger charge is 2.46. The molecule has 0 aliphatic heterocycles. The average Bonchev–Trinajstić information content (AvgIpc) is 3.49. The summed E-state index contributed by atoms with van der Waals surface area (Å²) in [6, 6.07) is 17.5. The van der Waals surface area contributed by atoms with Crippen molar-refractivity contribution < 1.29 is 28.1 Å². The number of methoxy groups -OCH3 is 3. The van der Waals surface area contributed by atoms with E-state index < -0.39 is 18.2 Å². The molecular weight excluding hydrogens is 501 g/mol. The highest BCUT2D eigenvalue weighted by molar-refractivity contribution is 5.84. The molecule has 0 spiro atoms. The molecule has 0 saturated heterocycles. The largest absolute Gasteiger partial charge is 0.497 e. The highest BCUT2D eigenvalue weighted by Crippen LogP contribution is 2.45. The Morgan fingerprint density at radius 2 is 1.69 bits per heavy atom. The van der Waals surface area contributed by atoms with E-state index in [1.54, 1.807) is 21.3 Å². The van der Waals surface area contributed by atoms with Crippen molar-refractivity contribution in [3.63, 3.8) is 0 Å². The Kier molecular flexibility index (Phi) is 8.71. The minimum Gasteiger partial charge on any atom is -0.497 e. The molecule has 0 unspecified atom stereocenters. The smallest absolute Gasteiger partial charge is 0.241 e. The molecule has 1 aliphatic rings. The number of fused-ring (bicyclic) bond motifs is 1. The lowest BCUT2D eigenvalue weighted by Gasteiger charge is -2.21. The van der Waals surface area contributed by atoms with Crippen molar-refractivity contribution in [2.75, 3.05) is 27.9 Å². The Hall–Kier alpha value is -3.53. The van der Waals surface area contributed by atoms with Crippen molar-refractivity contribution in [3.05, 3.63) is 83.8 Å². The van der Waals surface area contributed by atoms with Crippen LogP contribution < -0.4 is 9.47 Å². The van der Waals surface area contributed by atoms with Crippen LogP contribution in [-0.4, -0.2) is 54.7 Å². The van der Waals surface area contributed by atoms with Crippen LogP contribution in [0.5, 0.6) is 11.6 Å². The molecule has 8 nitrogen and oxygen atoms in total. The molecule has 0 bridgehead atoms. The van der Waals surface area contributed by atoms with Gasteiger partial charge in [0.2, 0.25) is 5.88 Å². The van der Waals surface area contributed by atoms with Gasteiger partial charge < -0.3 is 28.3 Å². The third-order valence-electron chi connectivity index (χ3n) is 7.28. The van der Waals surface area contributed by atoms with Crippen molar-refractivity contribution in [2.45, 2.75) is 44.6 Å². The molecule has 5 rings (SSSR count). The predicted octanol–water partition coefficient (Wildman–Crippen LogP) is 5.30. The number of nitrogens with zero attached hydrogens (tertiary/aromatic N) is 3. The SMILES string of the molecule is COC[C@H]1C[C@@H](c2cn(COCc3ccccc3)c3c(OC)ncnc23)[C@@H](F)[C@@H]1OCc1ccc(OC)cc1. The molecule has 2 heterocycles. The van der Waals surface area contributed by atoms with Crippen LogP contribution in [0.1, 0.15) is 29.0 Å². The fourth-order valence-corrected chi connectivity index (χ4v) is 5.38. The van der Waals surface area contributed by atoms with Crippen molar-refractivity contribution >= 4 is 11.0 Å². The third kappa shape index (κ3) is 5.90. The van der Waals surface area contributed by atoms with Crippen LogP contribution in [0.2, 0.25) is 0 Å². The van der Waals surface area contributed by atoms with Crippen molar-refractivity contribution in [1.29, 1.82) is 0 Å². The van der Waals surface area contributed by atoms with Gasteiger partial charge in [-0.2, -0.15) is 4.98 Å². The fourth-order valence-electron chi connectivity index (χ4n) is 5.38. The first-order chi connectivity index (χ1) is 19.1. The molecule has 39 heavy (non-hydrogen) atoms. The molecule has 2 aromatic carbocycles. The zero-order valence-corrected chi connectivity index (χ0v) is 22.5. The van der Waals surface area contributed by atoms with Gasteiger partial charge in [0, 0.05) is 30.7 Å². The lowest BCUT2D eigenvalue weighted by Crippen LogP contribution is -2.29. The molecule has 4 aromatic rings. The predicted molar refractivity (Wildman–Crippen MR) is 145 cm³/mol. The summed E-state index contributed by atoms with van der Waals surface area (Å²) in [5.74, 6) is 0.652. The van der Waals surface area contributed by atoms with Gasteiger partial charge in [0.25, 0.3) is 0 Å². The Morgan fingerprint density at radius 1 is 0.923 bits per heavy atom. The molecule has 9 heteroatoms. The number of halogens is 1. The zero-order chi connectivity index (χ0) is 27.2. The fraction of sp³-hybridized carbons (Fsp3) is 0.400. The molecule has 4 atom stereocenters. The first-order valence-corrected chi connectivity index (χ1v) is 13.0. The Labute approximate surface area is 227 Å². The first kappa shape index (κ1) is 27.1. The Bertz CT molecular complexity index is 1350. The zero-order valence-electron chi connectivity index (χ0n) is 22.5. The van der Waals surface area contributed by atoms with E-state index in [2.05, 4.69) is 9.97 Å². The van der Waals surface area contributed by atoms with Crippen LogP contribution in [-0.2, 0) is 34.2 Å². The molecular formula is C30H34FN3O5. The second-order valence-electron chi connectivity index (χ2n) is 9.72. The van der Waals surface area contributed by atoms with Crippen LogP contribution in [0.4, 0.5) is 4.39 Å². The summed E-state index contributed by atoms with van der Waals surface area (Å²) in [4.78, 5) is 8.83. The van der Waals surface area contributed by atoms with E-state index in [0.29, 0.717) is 43.2 Å². The second kappa shape index (κ2) is 12.5.